The van der Waals surface area contributed by atoms with Gasteiger partial charge >= 0.3 is 5.97 Å². The van der Waals surface area contributed by atoms with Gasteiger partial charge in [0, 0.05) is 0 Å². The van der Waals surface area contributed by atoms with E-state index in [2.05, 4.69) is 19.7 Å². The number of carboxylic acids is 1. The van der Waals surface area contributed by atoms with Crippen LogP contribution in [0.15, 0.2) is 24.8 Å². The zero-order valence-corrected chi connectivity index (χ0v) is 9.60. The van der Waals surface area contributed by atoms with E-state index < -0.39 is 14.8 Å². The normalized spacial score (nSPS) is 10.2. The van der Waals surface area contributed by atoms with Gasteiger partial charge in [-0.05, 0) is 16.8 Å². The van der Waals surface area contributed by atoms with Crippen molar-refractivity contribution in [2.45, 2.75) is 13.1 Å². The van der Waals surface area contributed by atoms with Crippen molar-refractivity contribution in [3.63, 3.8) is 0 Å². The Labute approximate surface area is 85.5 Å². The second-order valence-electron chi connectivity index (χ2n) is 3.51. The van der Waals surface area contributed by atoms with Crippen LogP contribution >= 0.6 is 0 Å². The minimum absolute atomic E-state index is 0.442. The summed E-state index contributed by atoms with van der Waals surface area (Å²) in [6.07, 6.45) is 1.74. The lowest BCUT2D eigenvalue weighted by Crippen LogP contribution is -2.29. The number of rotatable bonds is 3. The molecule has 1 N–H and O–H groups in total. The zero-order chi connectivity index (χ0) is 10.7. The monoisotopic (exact) mass is 206 g/mol. The van der Waals surface area contributed by atoms with Gasteiger partial charge in [-0.25, -0.2) is 4.79 Å². The first-order chi connectivity index (χ1) is 6.56. The Morgan fingerprint density at radius 3 is 2.57 bits per heavy atom. The fourth-order valence-electron chi connectivity index (χ4n) is 1.38. The summed E-state index contributed by atoms with van der Waals surface area (Å²) < 4.78 is 0. The van der Waals surface area contributed by atoms with Gasteiger partial charge in [0.25, 0.3) is 0 Å². The highest BCUT2D eigenvalue weighted by Gasteiger charge is 2.12. The predicted molar refractivity (Wildman–Crippen MR) is 62.0 cm³/mol. The van der Waals surface area contributed by atoms with Crippen LogP contribution in [0.2, 0.25) is 13.1 Å². The van der Waals surface area contributed by atoms with Crippen molar-refractivity contribution in [2.75, 3.05) is 0 Å². The summed E-state index contributed by atoms with van der Waals surface area (Å²) in [6.45, 7) is 7.91. The van der Waals surface area contributed by atoms with Gasteiger partial charge in [0.15, 0.2) is 0 Å². The Morgan fingerprint density at radius 1 is 1.50 bits per heavy atom. The average Bonchev–Trinajstić information content (AvgIpc) is 2.16. The van der Waals surface area contributed by atoms with Gasteiger partial charge in [-0.15, -0.1) is 0 Å². The molecule has 0 fully saturated rings. The summed E-state index contributed by atoms with van der Waals surface area (Å²) >= 11 is 0. The van der Waals surface area contributed by atoms with Crippen LogP contribution in [0.4, 0.5) is 0 Å². The van der Waals surface area contributed by atoms with Crippen LogP contribution in [0.25, 0.3) is 6.08 Å². The lowest BCUT2D eigenvalue weighted by atomic mass is 10.1. The molecule has 1 aromatic rings. The molecule has 0 aliphatic carbocycles. The van der Waals surface area contributed by atoms with Gasteiger partial charge in [-0.2, -0.15) is 0 Å². The van der Waals surface area contributed by atoms with E-state index in [0.29, 0.717) is 5.56 Å². The topological polar surface area (TPSA) is 37.3 Å². The van der Waals surface area contributed by atoms with E-state index in [1.807, 2.05) is 6.07 Å². The van der Waals surface area contributed by atoms with E-state index in [0.717, 1.165) is 10.8 Å². The predicted octanol–water partition coefficient (Wildman–Crippen LogP) is 1.72. The van der Waals surface area contributed by atoms with Crippen LogP contribution < -0.4 is 5.19 Å². The first-order valence-corrected chi connectivity index (χ1v) is 7.44. The van der Waals surface area contributed by atoms with E-state index in [-0.39, 0.29) is 0 Å². The van der Waals surface area contributed by atoms with Crippen LogP contribution in [0.3, 0.4) is 0 Å². The largest absolute Gasteiger partial charge is 0.478 e. The molecule has 3 heteroatoms. The van der Waals surface area contributed by atoms with Crippen LogP contribution in [0.5, 0.6) is 0 Å². The van der Waals surface area contributed by atoms with Crippen molar-refractivity contribution in [3.8, 4) is 0 Å². The molecule has 74 valence electrons. The highest BCUT2D eigenvalue weighted by molar-refractivity contribution is 6.72. The summed E-state index contributed by atoms with van der Waals surface area (Å²) in [5.41, 5.74) is 1.43. The minimum Gasteiger partial charge on any atom is -0.478 e. The fourth-order valence-corrected chi connectivity index (χ4v) is 2.75. The van der Waals surface area contributed by atoms with Gasteiger partial charge in [0.1, 0.15) is 0 Å². The van der Waals surface area contributed by atoms with Crippen molar-refractivity contribution >= 4 is 26.0 Å². The van der Waals surface area contributed by atoms with E-state index >= 15 is 0 Å². The number of hydrogen-bond acceptors (Lipinski definition) is 1. The summed E-state index contributed by atoms with van der Waals surface area (Å²) in [6, 6.07) is 5.39. The number of aromatic carboxylic acids is 1. The molecule has 2 nitrogen and oxygen atoms in total. The van der Waals surface area contributed by atoms with Crippen molar-refractivity contribution < 1.29 is 9.90 Å². The maximum Gasteiger partial charge on any atom is 0.335 e. The fraction of sp³-hybridized carbons (Fsp3) is 0.182. The van der Waals surface area contributed by atoms with Crippen LogP contribution in [0, 0.1) is 0 Å². The number of carboxylic acid groups (broad SMARTS) is 1. The molecule has 0 aliphatic heterocycles. The lowest BCUT2D eigenvalue weighted by molar-refractivity contribution is 0.0698. The first kappa shape index (κ1) is 10.7. The molecule has 1 rings (SSSR count). The first-order valence-electron chi connectivity index (χ1n) is 4.56. The maximum absolute atomic E-state index is 10.9. The van der Waals surface area contributed by atoms with Crippen LogP contribution in [0.1, 0.15) is 15.9 Å². The highest BCUT2D eigenvalue weighted by atomic mass is 28.3. The molecule has 0 aliphatic rings. The summed E-state index contributed by atoms with van der Waals surface area (Å²) in [7, 11) is -1.09. The van der Waals surface area contributed by atoms with Gasteiger partial charge in [0.2, 0.25) is 0 Å². The zero-order valence-electron chi connectivity index (χ0n) is 8.45. The van der Waals surface area contributed by atoms with E-state index in [1.54, 1.807) is 18.2 Å². The molecule has 1 aromatic carbocycles. The van der Waals surface area contributed by atoms with Gasteiger partial charge < -0.3 is 5.11 Å². The molecule has 0 unspecified atom stereocenters. The minimum atomic E-state index is -1.09. The molecule has 0 spiro atoms. The average molecular weight is 206 g/mol. The number of carbonyl (C=O) groups is 1. The second-order valence-corrected chi connectivity index (χ2v) is 6.44. The standard InChI is InChI=1S/C11H14O2Si/c1-4-8-5-6-9(11(12)13)10(7-8)14(2)3/h4-7,14H,1H2,2-3H3,(H,12,13). The lowest BCUT2D eigenvalue weighted by Gasteiger charge is -2.09. The molecule has 0 heterocycles. The molecule has 0 atom stereocenters. The Bertz CT molecular complexity index is 370. The molecule has 14 heavy (non-hydrogen) atoms. The highest BCUT2D eigenvalue weighted by Crippen LogP contribution is 2.05. The van der Waals surface area contributed by atoms with Gasteiger partial charge in [-0.3, -0.25) is 0 Å². The third-order valence-electron chi connectivity index (χ3n) is 2.16. The van der Waals surface area contributed by atoms with Crippen LogP contribution in [-0.2, 0) is 0 Å². The molecular weight excluding hydrogens is 192 g/mol. The summed E-state index contributed by atoms with van der Waals surface area (Å²) in [5, 5.41) is 9.97. The number of benzene rings is 1. The quantitative estimate of drug-likeness (QED) is 0.765. The molecule has 0 radical (unpaired) electrons. The van der Waals surface area contributed by atoms with Crippen LogP contribution in [-0.4, -0.2) is 19.9 Å². The van der Waals surface area contributed by atoms with E-state index in [4.69, 9.17) is 5.11 Å². The van der Waals surface area contributed by atoms with Crippen molar-refractivity contribution in [1.82, 2.24) is 0 Å². The maximum atomic E-state index is 10.9. The third kappa shape index (κ3) is 2.11. The summed E-state index contributed by atoms with van der Waals surface area (Å²) in [5.74, 6) is -0.836. The molecule has 0 aromatic heterocycles. The van der Waals surface area contributed by atoms with Crippen molar-refractivity contribution in [1.29, 1.82) is 0 Å². The van der Waals surface area contributed by atoms with E-state index in [1.165, 1.54) is 0 Å². The SMILES string of the molecule is C=Cc1ccc(C(=O)O)c([SiH](C)C)c1. The Morgan fingerprint density at radius 2 is 2.14 bits per heavy atom. The van der Waals surface area contributed by atoms with Gasteiger partial charge in [-0.1, -0.05) is 37.9 Å². The Balaban J connectivity index is 3.30. The summed E-state index contributed by atoms with van der Waals surface area (Å²) in [4.78, 5) is 10.9. The molecular formula is C11H14O2Si. The van der Waals surface area contributed by atoms with Crippen molar-refractivity contribution in [3.05, 3.63) is 35.9 Å². The van der Waals surface area contributed by atoms with E-state index in [9.17, 15) is 4.79 Å². The second kappa shape index (κ2) is 4.24. The number of hydrogen-bond donors (Lipinski definition) is 1. The third-order valence-corrected chi connectivity index (χ3v) is 3.89. The molecule has 0 bridgehead atoms. The Kier molecular flexibility index (Phi) is 3.25. The smallest absolute Gasteiger partial charge is 0.335 e. The molecule has 0 saturated carbocycles. The van der Waals surface area contributed by atoms with Gasteiger partial charge in [0.05, 0.1) is 14.4 Å². The molecule has 0 amide bonds. The van der Waals surface area contributed by atoms with Crippen molar-refractivity contribution in [2.24, 2.45) is 0 Å². The molecule has 0 saturated heterocycles. The Hall–Kier alpha value is -1.35.